The van der Waals surface area contributed by atoms with Gasteiger partial charge in [-0.2, -0.15) is 4.31 Å². The van der Waals surface area contributed by atoms with E-state index in [0.717, 1.165) is 0 Å². The third-order valence-electron chi connectivity index (χ3n) is 4.53. The van der Waals surface area contributed by atoms with Gasteiger partial charge in [0, 0.05) is 25.0 Å². The number of amides is 1. The van der Waals surface area contributed by atoms with Crippen LogP contribution in [0.25, 0.3) is 0 Å². The van der Waals surface area contributed by atoms with E-state index >= 15 is 0 Å². The van der Waals surface area contributed by atoms with E-state index in [1.165, 1.54) is 16.6 Å². The molecule has 9 nitrogen and oxygen atoms in total. The molecule has 0 saturated carbocycles. The summed E-state index contributed by atoms with van der Waals surface area (Å²) in [5, 5.41) is 5.87. The standard InChI is InChI=1S/C18H20N4O5S/c1-12-18(23)21-15-10-13(2-4-16(15)27-12)20-17-5-3-14(11-19-17)28(24,25)22-6-8-26-9-7-22/h2-5,10-12H,6-9H2,1H3,(H,19,20)(H,21,23)/t12-/m0/s1. The molecule has 1 amide bonds. The fraction of sp³-hybridized carbons (Fsp3) is 0.333. The number of sulfonamides is 1. The lowest BCUT2D eigenvalue weighted by molar-refractivity contribution is -0.122. The SMILES string of the molecule is C[C@@H]1Oc2ccc(Nc3ccc(S(=O)(=O)N4CCOCC4)cn3)cc2NC1=O. The van der Waals surface area contributed by atoms with Crippen LogP contribution in [0.2, 0.25) is 0 Å². The summed E-state index contributed by atoms with van der Waals surface area (Å²) in [6, 6.07) is 8.40. The molecule has 1 atom stereocenters. The number of aromatic nitrogens is 1. The largest absolute Gasteiger partial charge is 0.479 e. The van der Waals surface area contributed by atoms with Gasteiger partial charge in [0.2, 0.25) is 10.0 Å². The molecule has 0 aliphatic carbocycles. The van der Waals surface area contributed by atoms with Gasteiger partial charge in [-0.25, -0.2) is 13.4 Å². The Balaban J connectivity index is 1.49. The smallest absolute Gasteiger partial charge is 0.265 e. The topological polar surface area (TPSA) is 110 Å². The summed E-state index contributed by atoms with van der Waals surface area (Å²) in [7, 11) is -3.58. The first-order valence-corrected chi connectivity index (χ1v) is 10.3. The van der Waals surface area contributed by atoms with E-state index in [1.807, 2.05) is 0 Å². The monoisotopic (exact) mass is 404 g/mol. The van der Waals surface area contributed by atoms with E-state index in [9.17, 15) is 13.2 Å². The number of rotatable bonds is 4. The number of fused-ring (bicyclic) bond motifs is 1. The van der Waals surface area contributed by atoms with Crippen molar-refractivity contribution < 1.29 is 22.7 Å². The van der Waals surface area contributed by atoms with E-state index in [-0.39, 0.29) is 10.8 Å². The molecule has 0 unspecified atom stereocenters. The fourth-order valence-electron chi connectivity index (χ4n) is 2.98. The zero-order valence-corrected chi connectivity index (χ0v) is 16.0. The predicted octanol–water partition coefficient (Wildman–Crippen LogP) is 1.57. The number of nitrogens with one attached hydrogen (secondary N) is 2. The van der Waals surface area contributed by atoms with Gasteiger partial charge in [0.1, 0.15) is 16.5 Å². The van der Waals surface area contributed by atoms with E-state index < -0.39 is 16.1 Å². The molecule has 10 heteroatoms. The molecule has 2 aliphatic rings. The molecular formula is C18H20N4O5S. The molecule has 1 fully saturated rings. The van der Waals surface area contributed by atoms with Crippen molar-refractivity contribution in [2.24, 2.45) is 0 Å². The Morgan fingerprint density at radius 1 is 1.21 bits per heavy atom. The summed E-state index contributed by atoms with van der Waals surface area (Å²) in [6.07, 6.45) is 0.798. The summed E-state index contributed by atoms with van der Waals surface area (Å²) >= 11 is 0. The van der Waals surface area contributed by atoms with Crippen molar-refractivity contribution >= 4 is 33.1 Å². The first-order chi connectivity index (χ1) is 13.4. The van der Waals surface area contributed by atoms with Crippen LogP contribution in [0.3, 0.4) is 0 Å². The maximum absolute atomic E-state index is 12.6. The number of carbonyl (C=O) groups is 1. The average molecular weight is 404 g/mol. The molecule has 0 spiro atoms. The van der Waals surface area contributed by atoms with E-state index in [4.69, 9.17) is 9.47 Å². The van der Waals surface area contributed by atoms with Gasteiger partial charge in [-0.05, 0) is 37.3 Å². The molecule has 2 N–H and O–H groups in total. The number of anilines is 3. The van der Waals surface area contributed by atoms with Gasteiger partial charge in [0.25, 0.3) is 5.91 Å². The third-order valence-corrected chi connectivity index (χ3v) is 6.41. The van der Waals surface area contributed by atoms with Gasteiger partial charge in [0.05, 0.1) is 18.9 Å². The van der Waals surface area contributed by atoms with Crippen LogP contribution in [-0.2, 0) is 19.6 Å². The van der Waals surface area contributed by atoms with Crippen LogP contribution in [0.4, 0.5) is 17.2 Å². The highest BCUT2D eigenvalue weighted by atomic mass is 32.2. The minimum atomic E-state index is -3.58. The van der Waals surface area contributed by atoms with Crippen molar-refractivity contribution in [3.05, 3.63) is 36.5 Å². The molecule has 4 rings (SSSR count). The lowest BCUT2D eigenvalue weighted by Crippen LogP contribution is -2.40. The summed E-state index contributed by atoms with van der Waals surface area (Å²) in [5.74, 6) is 0.871. The van der Waals surface area contributed by atoms with E-state index in [2.05, 4.69) is 15.6 Å². The van der Waals surface area contributed by atoms with Crippen molar-refractivity contribution in [1.82, 2.24) is 9.29 Å². The molecule has 2 aliphatic heterocycles. The Labute approximate surface area is 162 Å². The first-order valence-electron chi connectivity index (χ1n) is 8.86. The summed E-state index contributed by atoms with van der Waals surface area (Å²) in [5.41, 5.74) is 1.26. The molecule has 0 radical (unpaired) electrons. The van der Waals surface area contributed by atoms with E-state index in [0.29, 0.717) is 49.2 Å². The predicted molar refractivity (Wildman–Crippen MR) is 102 cm³/mol. The average Bonchev–Trinajstić information content (AvgIpc) is 2.70. The quantitative estimate of drug-likeness (QED) is 0.796. The van der Waals surface area contributed by atoms with Crippen molar-refractivity contribution in [2.75, 3.05) is 36.9 Å². The molecule has 1 saturated heterocycles. The van der Waals surface area contributed by atoms with Crippen LogP contribution in [0.5, 0.6) is 5.75 Å². The zero-order valence-electron chi connectivity index (χ0n) is 15.2. The van der Waals surface area contributed by atoms with Crippen LogP contribution in [0, 0.1) is 0 Å². The second-order valence-electron chi connectivity index (χ2n) is 6.48. The molecule has 28 heavy (non-hydrogen) atoms. The second kappa shape index (κ2) is 7.38. The highest BCUT2D eigenvalue weighted by Gasteiger charge is 2.27. The number of carbonyl (C=O) groups excluding carboxylic acids is 1. The maximum atomic E-state index is 12.6. The molecular weight excluding hydrogens is 384 g/mol. The van der Waals surface area contributed by atoms with Crippen molar-refractivity contribution in [1.29, 1.82) is 0 Å². The van der Waals surface area contributed by atoms with Crippen LogP contribution in [-0.4, -0.2) is 56.0 Å². The lowest BCUT2D eigenvalue weighted by atomic mass is 10.2. The van der Waals surface area contributed by atoms with Crippen LogP contribution in [0.15, 0.2) is 41.4 Å². The Kier molecular flexibility index (Phi) is 4.92. The minimum absolute atomic E-state index is 0.139. The van der Waals surface area contributed by atoms with Gasteiger partial charge in [0.15, 0.2) is 6.10 Å². The van der Waals surface area contributed by atoms with E-state index in [1.54, 1.807) is 31.2 Å². The highest BCUT2D eigenvalue weighted by molar-refractivity contribution is 7.89. The molecule has 2 aromatic rings. The van der Waals surface area contributed by atoms with Gasteiger partial charge < -0.3 is 20.1 Å². The summed E-state index contributed by atoms with van der Waals surface area (Å²) in [6.45, 7) is 3.14. The number of morpholine rings is 1. The van der Waals surface area contributed by atoms with Crippen molar-refractivity contribution in [3.8, 4) is 5.75 Å². The number of hydrogen-bond acceptors (Lipinski definition) is 7. The second-order valence-corrected chi connectivity index (χ2v) is 8.42. The van der Waals surface area contributed by atoms with Crippen LogP contribution < -0.4 is 15.4 Å². The molecule has 148 valence electrons. The molecule has 0 bridgehead atoms. The lowest BCUT2D eigenvalue weighted by Gasteiger charge is -2.26. The number of ether oxygens (including phenoxy) is 2. The van der Waals surface area contributed by atoms with Gasteiger partial charge in [-0.1, -0.05) is 0 Å². The molecule has 1 aromatic heterocycles. The summed E-state index contributed by atoms with van der Waals surface area (Å²) < 4.78 is 37.4. The van der Waals surface area contributed by atoms with Crippen molar-refractivity contribution in [2.45, 2.75) is 17.9 Å². The number of benzene rings is 1. The summed E-state index contributed by atoms with van der Waals surface area (Å²) in [4.78, 5) is 16.1. The Morgan fingerprint density at radius 3 is 2.71 bits per heavy atom. The third kappa shape index (κ3) is 3.66. The number of hydrogen-bond donors (Lipinski definition) is 2. The normalized spacial score (nSPS) is 20.0. The Hall–Kier alpha value is -2.69. The Bertz CT molecular complexity index is 988. The number of nitrogens with zero attached hydrogens (tertiary/aromatic N) is 2. The number of pyridine rings is 1. The van der Waals surface area contributed by atoms with Gasteiger partial charge >= 0.3 is 0 Å². The zero-order chi connectivity index (χ0) is 19.7. The Morgan fingerprint density at radius 2 is 2.00 bits per heavy atom. The van der Waals surface area contributed by atoms with Crippen molar-refractivity contribution in [3.63, 3.8) is 0 Å². The fourth-order valence-corrected chi connectivity index (χ4v) is 4.33. The highest BCUT2D eigenvalue weighted by Crippen LogP contribution is 2.33. The minimum Gasteiger partial charge on any atom is -0.479 e. The first kappa shape index (κ1) is 18.7. The molecule has 1 aromatic carbocycles. The van der Waals surface area contributed by atoms with Gasteiger partial charge in [-0.15, -0.1) is 0 Å². The molecule has 3 heterocycles. The van der Waals surface area contributed by atoms with Crippen LogP contribution >= 0.6 is 0 Å². The van der Waals surface area contributed by atoms with Gasteiger partial charge in [-0.3, -0.25) is 4.79 Å². The van der Waals surface area contributed by atoms with Crippen LogP contribution in [0.1, 0.15) is 6.92 Å². The maximum Gasteiger partial charge on any atom is 0.265 e.